The highest BCUT2D eigenvalue weighted by molar-refractivity contribution is 5.77. The van der Waals surface area contributed by atoms with Crippen LogP contribution in [0.3, 0.4) is 0 Å². The number of carbonyl (C=O) groups excluding carboxylic acids is 1. The summed E-state index contributed by atoms with van der Waals surface area (Å²) in [5, 5.41) is 8.50. The molecule has 0 radical (unpaired) electrons. The average Bonchev–Trinajstić information content (AvgIpc) is 2.41. The predicted octanol–water partition coefficient (Wildman–Crippen LogP) is 2.28. The van der Waals surface area contributed by atoms with Crippen molar-refractivity contribution in [2.45, 2.75) is 20.3 Å². The predicted molar refractivity (Wildman–Crippen MR) is 69.1 cm³/mol. The highest BCUT2D eigenvalue weighted by atomic mass is 19.1. The Labute approximate surface area is 112 Å². The number of carbonyl (C=O) groups is 1. The van der Waals surface area contributed by atoms with Gasteiger partial charge in [-0.2, -0.15) is 5.26 Å². The molecule has 0 heterocycles. The number of ether oxygens (including phenoxy) is 1. The lowest BCUT2D eigenvalue weighted by atomic mass is 10.2. The number of aryl methyl sites for hydroxylation is 1. The van der Waals surface area contributed by atoms with Crippen LogP contribution in [0.1, 0.15) is 18.9 Å². The van der Waals surface area contributed by atoms with Crippen LogP contribution in [0.4, 0.5) is 4.39 Å². The molecule has 102 valence electrons. The molecule has 0 aliphatic carbocycles. The zero-order valence-electron chi connectivity index (χ0n) is 11.1. The van der Waals surface area contributed by atoms with E-state index in [0.29, 0.717) is 18.7 Å². The van der Waals surface area contributed by atoms with Crippen LogP contribution in [0.15, 0.2) is 18.2 Å². The van der Waals surface area contributed by atoms with Gasteiger partial charge in [-0.15, -0.1) is 0 Å². The van der Waals surface area contributed by atoms with Crippen molar-refractivity contribution in [3.63, 3.8) is 0 Å². The Morgan fingerprint density at radius 1 is 1.53 bits per heavy atom. The van der Waals surface area contributed by atoms with E-state index in [2.05, 4.69) is 0 Å². The number of nitrogens with zero attached hydrogens (tertiary/aromatic N) is 2. The first-order chi connectivity index (χ1) is 9.10. The lowest BCUT2D eigenvalue weighted by Gasteiger charge is -2.19. The third kappa shape index (κ3) is 4.25. The van der Waals surface area contributed by atoms with E-state index < -0.39 is 5.82 Å². The summed E-state index contributed by atoms with van der Waals surface area (Å²) in [5.74, 6) is -0.626. The zero-order chi connectivity index (χ0) is 14.3. The Kier molecular flexibility index (Phi) is 5.80. The van der Waals surface area contributed by atoms with Crippen LogP contribution in [-0.4, -0.2) is 30.5 Å². The fourth-order valence-corrected chi connectivity index (χ4v) is 1.61. The molecule has 0 aliphatic rings. The first-order valence-corrected chi connectivity index (χ1v) is 6.12. The Morgan fingerprint density at radius 3 is 2.89 bits per heavy atom. The molecule has 0 fully saturated rings. The van der Waals surface area contributed by atoms with E-state index in [9.17, 15) is 9.18 Å². The van der Waals surface area contributed by atoms with E-state index in [-0.39, 0.29) is 24.7 Å². The number of benzene rings is 1. The molecule has 1 rings (SSSR count). The summed E-state index contributed by atoms with van der Waals surface area (Å²) in [6.45, 7) is 4.10. The highest BCUT2D eigenvalue weighted by Gasteiger charge is 2.13. The number of halogens is 1. The fourth-order valence-electron chi connectivity index (χ4n) is 1.61. The van der Waals surface area contributed by atoms with Crippen LogP contribution in [-0.2, 0) is 4.79 Å². The Bertz CT molecular complexity index is 483. The number of likely N-dealkylation sites (N-methyl/N-ethyl adjacent to an activating group) is 1. The molecule has 0 bridgehead atoms. The molecule has 5 heteroatoms. The van der Waals surface area contributed by atoms with Crippen molar-refractivity contribution in [2.75, 3.05) is 19.7 Å². The Hall–Kier alpha value is -2.09. The van der Waals surface area contributed by atoms with E-state index in [1.165, 1.54) is 11.0 Å². The minimum atomic E-state index is -0.449. The molecule has 0 saturated carbocycles. The molecule has 0 spiro atoms. The van der Waals surface area contributed by atoms with Crippen molar-refractivity contribution < 1.29 is 13.9 Å². The van der Waals surface area contributed by atoms with Crippen molar-refractivity contribution in [2.24, 2.45) is 0 Å². The van der Waals surface area contributed by atoms with Gasteiger partial charge in [0.2, 0.25) is 0 Å². The normalized spacial score (nSPS) is 9.79. The van der Waals surface area contributed by atoms with Gasteiger partial charge >= 0.3 is 0 Å². The van der Waals surface area contributed by atoms with E-state index in [0.717, 1.165) is 0 Å². The first kappa shape index (κ1) is 15.0. The molecule has 0 N–H and O–H groups in total. The maximum Gasteiger partial charge on any atom is 0.260 e. The van der Waals surface area contributed by atoms with Crippen LogP contribution in [0.25, 0.3) is 0 Å². The van der Waals surface area contributed by atoms with Gasteiger partial charge in [-0.05, 0) is 25.5 Å². The van der Waals surface area contributed by atoms with Crippen molar-refractivity contribution >= 4 is 5.91 Å². The topological polar surface area (TPSA) is 53.3 Å². The van der Waals surface area contributed by atoms with E-state index in [4.69, 9.17) is 10.00 Å². The number of amides is 1. The van der Waals surface area contributed by atoms with Gasteiger partial charge in [0.25, 0.3) is 5.91 Å². The molecule has 0 saturated heterocycles. The second-order valence-corrected chi connectivity index (χ2v) is 4.06. The number of hydrogen-bond acceptors (Lipinski definition) is 3. The van der Waals surface area contributed by atoms with Gasteiger partial charge in [0.05, 0.1) is 12.5 Å². The lowest BCUT2D eigenvalue weighted by molar-refractivity contribution is -0.133. The van der Waals surface area contributed by atoms with Gasteiger partial charge in [-0.1, -0.05) is 12.1 Å². The average molecular weight is 264 g/mol. The van der Waals surface area contributed by atoms with Crippen molar-refractivity contribution in [1.29, 1.82) is 5.26 Å². The molecule has 0 unspecified atom stereocenters. The molecule has 0 atom stereocenters. The third-order valence-electron chi connectivity index (χ3n) is 2.74. The van der Waals surface area contributed by atoms with Gasteiger partial charge < -0.3 is 9.64 Å². The second kappa shape index (κ2) is 7.37. The van der Waals surface area contributed by atoms with E-state index in [1.807, 2.05) is 13.0 Å². The molecule has 1 aromatic carbocycles. The van der Waals surface area contributed by atoms with Gasteiger partial charge in [0.15, 0.2) is 18.2 Å². The minimum Gasteiger partial charge on any atom is -0.481 e. The summed E-state index contributed by atoms with van der Waals surface area (Å²) in [7, 11) is 0. The fraction of sp³-hybridized carbons (Fsp3) is 0.429. The standard InChI is InChI=1S/C14H17FN2O2/c1-3-17(9-5-8-16)13(18)10-19-12-7-4-6-11(2)14(12)15/h4,6-7H,3,5,9-10H2,1-2H3. The van der Waals surface area contributed by atoms with Gasteiger partial charge in [0, 0.05) is 13.1 Å². The number of nitriles is 1. The maximum atomic E-state index is 13.6. The maximum absolute atomic E-state index is 13.6. The summed E-state index contributed by atoms with van der Waals surface area (Å²) in [5.41, 5.74) is 0.474. The Morgan fingerprint density at radius 2 is 2.26 bits per heavy atom. The van der Waals surface area contributed by atoms with Crippen LogP contribution in [0, 0.1) is 24.1 Å². The molecule has 19 heavy (non-hydrogen) atoms. The lowest BCUT2D eigenvalue weighted by Crippen LogP contribution is -2.35. The summed E-state index contributed by atoms with van der Waals surface area (Å²) >= 11 is 0. The van der Waals surface area contributed by atoms with Crippen LogP contribution in [0.2, 0.25) is 0 Å². The van der Waals surface area contributed by atoms with Crippen LogP contribution >= 0.6 is 0 Å². The summed E-state index contributed by atoms with van der Waals surface area (Å²) in [4.78, 5) is 13.3. The number of rotatable bonds is 6. The van der Waals surface area contributed by atoms with Crippen molar-refractivity contribution in [3.05, 3.63) is 29.6 Å². The molecular formula is C14H17FN2O2. The summed E-state index contributed by atoms with van der Waals surface area (Å²) in [6.07, 6.45) is 0.276. The minimum absolute atomic E-state index is 0.0738. The van der Waals surface area contributed by atoms with Crippen LogP contribution < -0.4 is 4.74 Å². The van der Waals surface area contributed by atoms with Gasteiger partial charge in [0.1, 0.15) is 0 Å². The molecule has 1 amide bonds. The second-order valence-electron chi connectivity index (χ2n) is 4.06. The molecule has 1 aromatic rings. The van der Waals surface area contributed by atoms with E-state index >= 15 is 0 Å². The molecule has 4 nitrogen and oxygen atoms in total. The van der Waals surface area contributed by atoms with Crippen LogP contribution in [0.5, 0.6) is 5.75 Å². The summed E-state index contributed by atoms with van der Waals surface area (Å²) in [6, 6.07) is 6.78. The SMILES string of the molecule is CCN(CCC#N)C(=O)COc1cccc(C)c1F. The van der Waals surface area contributed by atoms with Gasteiger partial charge in [-0.3, -0.25) is 4.79 Å². The highest BCUT2D eigenvalue weighted by Crippen LogP contribution is 2.19. The Balaban J connectivity index is 2.58. The van der Waals surface area contributed by atoms with Crippen molar-refractivity contribution in [1.82, 2.24) is 4.90 Å². The number of hydrogen-bond donors (Lipinski definition) is 0. The smallest absolute Gasteiger partial charge is 0.260 e. The molecular weight excluding hydrogens is 247 g/mol. The van der Waals surface area contributed by atoms with E-state index in [1.54, 1.807) is 19.1 Å². The zero-order valence-corrected chi connectivity index (χ0v) is 11.1. The largest absolute Gasteiger partial charge is 0.481 e. The first-order valence-electron chi connectivity index (χ1n) is 6.12. The van der Waals surface area contributed by atoms with Crippen molar-refractivity contribution in [3.8, 4) is 11.8 Å². The summed E-state index contributed by atoms with van der Waals surface area (Å²) < 4.78 is 18.8. The van der Waals surface area contributed by atoms with Gasteiger partial charge in [-0.25, -0.2) is 4.39 Å². The third-order valence-corrected chi connectivity index (χ3v) is 2.74. The molecule has 0 aromatic heterocycles. The monoisotopic (exact) mass is 264 g/mol. The molecule has 0 aliphatic heterocycles. The quantitative estimate of drug-likeness (QED) is 0.792.